The minimum Gasteiger partial charge on any atom is -0.497 e. The number of nitrogen functional groups attached to an aromatic ring is 1. The molecule has 3 aromatic carbocycles. The van der Waals surface area contributed by atoms with Gasteiger partial charge in [0.05, 0.1) is 18.4 Å². The molecule has 0 saturated heterocycles. The van der Waals surface area contributed by atoms with Crippen molar-refractivity contribution in [2.45, 2.75) is 6.42 Å². The maximum Gasteiger partial charge on any atom is 0.255 e. The third-order valence-electron chi connectivity index (χ3n) is 5.67. The number of rotatable bonds is 8. The van der Waals surface area contributed by atoms with Gasteiger partial charge in [-0.1, -0.05) is 63.4 Å². The van der Waals surface area contributed by atoms with Crippen LogP contribution in [0.5, 0.6) is 5.75 Å². The number of methoxy groups -OCH3 is 1. The molecule has 0 radical (unpaired) electrons. The Bertz CT molecular complexity index is 1430. The second-order valence-corrected chi connectivity index (χ2v) is 9.64. The largest absolute Gasteiger partial charge is 0.497 e. The van der Waals surface area contributed by atoms with Gasteiger partial charge in [-0.3, -0.25) is 9.59 Å². The van der Waals surface area contributed by atoms with Crippen molar-refractivity contribution in [1.29, 1.82) is 0 Å². The van der Waals surface area contributed by atoms with Crippen LogP contribution < -0.4 is 15.8 Å². The van der Waals surface area contributed by atoms with Gasteiger partial charge in [-0.2, -0.15) is 0 Å². The molecule has 6 nitrogen and oxygen atoms in total. The number of carbonyl (C=O) groups excluding carboxylic acids is 2. The summed E-state index contributed by atoms with van der Waals surface area (Å²) < 4.78 is 5.91. The number of halogens is 3. The molecule has 0 aliphatic heterocycles. The molecule has 4 aromatic rings. The highest BCUT2D eigenvalue weighted by Gasteiger charge is 2.28. The van der Waals surface area contributed by atoms with E-state index in [1.54, 1.807) is 43.5 Å². The number of nitrogens with two attached hydrogens (primary N) is 1. The topological polar surface area (TPSA) is 97.2 Å². The van der Waals surface area contributed by atoms with Crippen molar-refractivity contribution in [3.8, 4) is 16.9 Å². The van der Waals surface area contributed by atoms with Crippen LogP contribution in [-0.2, 0) is 6.42 Å². The fraction of sp³-hybridized carbons (Fsp3) is 0.111. The van der Waals surface area contributed by atoms with E-state index in [9.17, 15) is 9.59 Å². The van der Waals surface area contributed by atoms with Gasteiger partial charge < -0.3 is 20.8 Å². The quantitative estimate of drug-likeness (QED) is 0.204. The van der Waals surface area contributed by atoms with Crippen molar-refractivity contribution in [2.24, 2.45) is 0 Å². The zero-order valence-corrected chi connectivity index (χ0v) is 22.3. The monoisotopic (exact) mass is 585 g/mol. The van der Waals surface area contributed by atoms with E-state index < -0.39 is 5.91 Å². The molecule has 1 heterocycles. The SMILES string of the molecule is COc1ccc(C(=O)c2[nH]c(N)c(C(=O)NCCc3ccc(Cl)cc3Cl)c2-c2ccccc2Br)cc1. The molecule has 0 spiro atoms. The normalized spacial score (nSPS) is 10.8. The third-order valence-corrected chi connectivity index (χ3v) is 6.95. The number of carbonyl (C=O) groups is 2. The summed E-state index contributed by atoms with van der Waals surface area (Å²) in [5, 5.41) is 3.96. The van der Waals surface area contributed by atoms with Crippen LogP contribution in [0.1, 0.15) is 32.0 Å². The summed E-state index contributed by atoms with van der Waals surface area (Å²) in [6.45, 7) is 0.308. The number of ketones is 1. The van der Waals surface area contributed by atoms with Crippen LogP contribution in [-0.4, -0.2) is 30.3 Å². The lowest BCUT2D eigenvalue weighted by Crippen LogP contribution is -2.26. The molecule has 9 heteroatoms. The van der Waals surface area contributed by atoms with Crippen molar-refractivity contribution in [2.75, 3.05) is 19.4 Å². The molecule has 184 valence electrons. The highest BCUT2D eigenvalue weighted by atomic mass is 79.9. The van der Waals surface area contributed by atoms with E-state index >= 15 is 0 Å². The number of hydrogen-bond acceptors (Lipinski definition) is 4. The second kappa shape index (κ2) is 11.2. The molecule has 0 saturated carbocycles. The molecule has 0 bridgehead atoms. The van der Waals surface area contributed by atoms with Crippen molar-refractivity contribution in [1.82, 2.24) is 10.3 Å². The zero-order chi connectivity index (χ0) is 25.8. The van der Waals surface area contributed by atoms with E-state index in [2.05, 4.69) is 26.2 Å². The number of anilines is 1. The number of nitrogens with one attached hydrogen (secondary N) is 2. The van der Waals surface area contributed by atoms with Crippen LogP contribution in [0.2, 0.25) is 10.0 Å². The molecule has 4 N–H and O–H groups in total. The fourth-order valence-electron chi connectivity index (χ4n) is 3.87. The van der Waals surface area contributed by atoms with Crippen molar-refractivity contribution in [3.05, 3.63) is 104 Å². The van der Waals surface area contributed by atoms with Crippen LogP contribution in [0.25, 0.3) is 11.1 Å². The smallest absolute Gasteiger partial charge is 0.255 e. The first kappa shape index (κ1) is 25.8. The number of aromatic nitrogens is 1. The lowest BCUT2D eigenvalue weighted by molar-refractivity contribution is 0.0955. The Hall–Kier alpha value is -3.26. The van der Waals surface area contributed by atoms with Crippen LogP contribution in [0.3, 0.4) is 0 Å². The number of benzene rings is 3. The Morgan fingerprint density at radius 3 is 2.44 bits per heavy atom. The summed E-state index contributed by atoms with van der Waals surface area (Å²) in [4.78, 5) is 29.8. The summed E-state index contributed by atoms with van der Waals surface area (Å²) in [5.74, 6) is 0.0135. The maximum atomic E-state index is 13.5. The summed E-state index contributed by atoms with van der Waals surface area (Å²) in [7, 11) is 1.55. The van der Waals surface area contributed by atoms with Crippen LogP contribution >= 0.6 is 39.1 Å². The molecule has 0 unspecified atom stereocenters. The van der Waals surface area contributed by atoms with Gasteiger partial charge in [-0.15, -0.1) is 0 Å². The van der Waals surface area contributed by atoms with Crippen molar-refractivity contribution < 1.29 is 14.3 Å². The second-order valence-electron chi connectivity index (χ2n) is 7.94. The maximum absolute atomic E-state index is 13.5. The minimum absolute atomic E-state index is 0.0969. The Morgan fingerprint density at radius 1 is 1.06 bits per heavy atom. The number of H-pyrrole nitrogens is 1. The van der Waals surface area contributed by atoms with E-state index in [1.807, 2.05) is 30.3 Å². The van der Waals surface area contributed by atoms with Gasteiger partial charge in [0, 0.05) is 32.2 Å². The molecule has 36 heavy (non-hydrogen) atoms. The predicted octanol–water partition coefficient (Wildman–Crippen LogP) is 6.55. The average Bonchev–Trinajstić information content (AvgIpc) is 3.22. The molecule has 0 fully saturated rings. The number of amides is 1. The Labute approximate surface area is 226 Å². The third kappa shape index (κ3) is 5.43. The number of ether oxygens (including phenoxy) is 1. The number of aromatic amines is 1. The average molecular weight is 587 g/mol. The summed E-state index contributed by atoms with van der Waals surface area (Å²) >= 11 is 15.8. The summed E-state index contributed by atoms with van der Waals surface area (Å²) in [5.41, 5.74) is 9.05. The van der Waals surface area contributed by atoms with Crippen LogP contribution in [0, 0.1) is 0 Å². The van der Waals surface area contributed by atoms with E-state index in [0.29, 0.717) is 45.5 Å². The van der Waals surface area contributed by atoms with Gasteiger partial charge in [0.1, 0.15) is 11.6 Å². The molecule has 0 aliphatic carbocycles. The summed E-state index contributed by atoms with van der Waals surface area (Å²) in [6, 6.07) is 19.3. The molecule has 1 amide bonds. The van der Waals surface area contributed by atoms with Gasteiger partial charge >= 0.3 is 0 Å². The van der Waals surface area contributed by atoms with Crippen molar-refractivity contribution >= 4 is 56.6 Å². The Kier molecular flexibility index (Phi) is 8.04. The zero-order valence-electron chi connectivity index (χ0n) is 19.2. The highest BCUT2D eigenvalue weighted by Crippen LogP contribution is 2.37. The van der Waals surface area contributed by atoms with E-state index in [-0.39, 0.29) is 22.9 Å². The molecular weight excluding hydrogens is 565 g/mol. The standard InChI is InChI=1S/C27H22BrCl2N3O3/c1-36-18-10-7-16(8-11-18)25(34)24-22(19-4-2-3-5-20(19)28)23(26(31)33-24)27(35)32-13-12-15-6-9-17(29)14-21(15)30/h2-11,14,33H,12-13,31H2,1H3,(H,32,35). The predicted molar refractivity (Wildman–Crippen MR) is 147 cm³/mol. The molecule has 4 rings (SSSR count). The Morgan fingerprint density at radius 2 is 1.78 bits per heavy atom. The number of hydrogen-bond donors (Lipinski definition) is 3. The van der Waals surface area contributed by atoms with Crippen LogP contribution in [0.4, 0.5) is 5.82 Å². The molecule has 0 atom stereocenters. The first-order chi connectivity index (χ1) is 17.3. The van der Waals surface area contributed by atoms with Gasteiger partial charge in [-0.05, 0) is 60.0 Å². The van der Waals surface area contributed by atoms with Gasteiger partial charge in [-0.25, -0.2) is 0 Å². The lowest BCUT2D eigenvalue weighted by Gasteiger charge is -2.11. The fourth-order valence-corrected chi connectivity index (χ4v) is 4.86. The lowest BCUT2D eigenvalue weighted by atomic mass is 9.96. The van der Waals surface area contributed by atoms with E-state index in [1.165, 1.54) is 0 Å². The first-order valence-corrected chi connectivity index (χ1v) is 12.5. The molecule has 1 aromatic heterocycles. The van der Waals surface area contributed by atoms with Crippen LogP contribution in [0.15, 0.2) is 71.2 Å². The van der Waals surface area contributed by atoms with E-state index in [0.717, 1.165) is 10.0 Å². The molecular formula is C27H22BrCl2N3O3. The summed E-state index contributed by atoms with van der Waals surface area (Å²) in [6.07, 6.45) is 0.494. The first-order valence-electron chi connectivity index (χ1n) is 11.0. The Balaban J connectivity index is 1.69. The molecule has 0 aliphatic rings. The van der Waals surface area contributed by atoms with Gasteiger partial charge in [0.2, 0.25) is 5.78 Å². The van der Waals surface area contributed by atoms with Gasteiger partial charge in [0.15, 0.2) is 0 Å². The minimum atomic E-state index is -0.409. The van der Waals surface area contributed by atoms with E-state index in [4.69, 9.17) is 33.7 Å². The highest BCUT2D eigenvalue weighted by molar-refractivity contribution is 9.10. The van der Waals surface area contributed by atoms with Gasteiger partial charge in [0.25, 0.3) is 5.91 Å². The van der Waals surface area contributed by atoms with Crippen molar-refractivity contribution in [3.63, 3.8) is 0 Å².